The number of amides is 1. The highest BCUT2D eigenvalue weighted by Gasteiger charge is 2.24. The maximum Gasteiger partial charge on any atom is 0.263 e. The van der Waals surface area contributed by atoms with Crippen molar-refractivity contribution in [2.24, 2.45) is 5.73 Å². The highest BCUT2D eigenvalue weighted by atomic mass is 19.1. The normalized spacial score (nSPS) is 18.2. The molecule has 1 fully saturated rings. The second-order valence-electron chi connectivity index (χ2n) is 5.18. The van der Waals surface area contributed by atoms with E-state index in [1.165, 1.54) is 12.1 Å². The van der Waals surface area contributed by atoms with Crippen molar-refractivity contribution in [3.8, 4) is 5.75 Å². The summed E-state index contributed by atoms with van der Waals surface area (Å²) in [5.74, 6) is -0.603. The smallest absolute Gasteiger partial charge is 0.263 e. The van der Waals surface area contributed by atoms with Gasteiger partial charge in [-0.15, -0.1) is 0 Å². The number of rotatable bonds is 4. The maximum absolute atomic E-state index is 14.0. The molecule has 5 nitrogen and oxygen atoms in total. The van der Waals surface area contributed by atoms with Crippen LogP contribution in [0.2, 0.25) is 0 Å². The Morgan fingerprint density at radius 2 is 2.05 bits per heavy atom. The summed E-state index contributed by atoms with van der Waals surface area (Å²) in [4.78, 5) is 13.9. The van der Waals surface area contributed by atoms with Gasteiger partial charge in [-0.25, -0.2) is 4.39 Å². The van der Waals surface area contributed by atoms with E-state index in [1.54, 1.807) is 24.8 Å². The Hall–Kier alpha value is -1.66. The lowest BCUT2D eigenvalue weighted by molar-refractivity contribution is -0.142. The number of benzene rings is 1. The lowest BCUT2D eigenvalue weighted by Gasteiger charge is -2.29. The standard InChI is InChI=1S/C15H21FN2O3/c1-10(17)12-3-4-14(13(16)9-12)21-11(2)15(19)18-5-7-20-8-6-18/h3-4,9-11H,5-8,17H2,1-2H3. The van der Waals surface area contributed by atoms with Gasteiger partial charge in [-0.2, -0.15) is 0 Å². The Morgan fingerprint density at radius 3 is 2.62 bits per heavy atom. The van der Waals surface area contributed by atoms with E-state index in [1.807, 2.05) is 0 Å². The largest absolute Gasteiger partial charge is 0.478 e. The summed E-state index contributed by atoms with van der Waals surface area (Å²) in [6, 6.07) is 4.30. The Labute approximate surface area is 123 Å². The molecule has 2 rings (SSSR count). The van der Waals surface area contributed by atoms with Gasteiger partial charge in [0.15, 0.2) is 17.7 Å². The quantitative estimate of drug-likeness (QED) is 0.914. The second-order valence-corrected chi connectivity index (χ2v) is 5.18. The molecule has 1 aromatic rings. The second kappa shape index (κ2) is 6.87. The van der Waals surface area contributed by atoms with Crippen LogP contribution in [-0.4, -0.2) is 43.2 Å². The van der Waals surface area contributed by atoms with Crippen molar-refractivity contribution in [2.45, 2.75) is 26.0 Å². The highest BCUT2D eigenvalue weighted by molar-refractivity contribution is 5.81. The molecule has 0 bridgehead atoms. The number of carbonyl (C=O) groups is 1. The van der Waals surface area contributed by atoms with Gasteiger partial charge >= 0.3 is 0 Å². The summed E-state index contributed by atoms with van der Waals surface area (Å²) in [6.07, 6.45) is -0.737. The summed E-state index contributed by atoms with van der Waals surface area (Å²) in [7, 11) is 0. The van der Waals surface area contributed by atoms with E-state index in [0.29, 0.717) is 31.9 Å². The fraction of sp³-hybridized carbons (Fsp3) is 0.533. The third-order valence-corrected chi connectivity index (χ3v) is 3.46. The molecular formula is C15H21FN2O3. The van der Waals surface area contributed by atoms with Crippen molar-refractivity contribution in [3.05, 3.63) is 29.6 Å². The summed E-state index contributed by atoms with van der Waals surface area (Å²) in [5, 5.41) is 0. The Morgan fingerprint density at radius 1 is 1.38 bits per heavy atom. The van der Waals surface area contributed by atoms with Crippen LogP contribution in [0.4, 0.5) is 4.39 Å². The fourth-order valence-corrected chi connectivity index (χ4v) is 2.18. The number of nitrogens with two attached hydrogens (primary N) is 1. The molecule has 2 N–H and O–H groups in total. The zero-order valence-corrected chi connectivity index (χ0v) is 12.3. The van der Waals surface area contributed by atoms with Crippen molar-refractivity contribution in [1.82, 2.24) is 4.90 Å². The number of ether oxygens (including phenoxy) is 2. The van der Waals surface area contributed by atoms with E-state index in [0.717, 1.165) is 0 Å². The summed E-state index contributed by atoms with van der Waals surface area (Å²) in [5.41, 5.74) is 6.39. The summed E-state index contributed by atoms with van der Waals surface area (Å²) < 4.78 is 24.6. The van der Waals surface area contributed by atoms with E-state index >= 15 is 0 Å². The van der Waals surface area contributed by atoms with E-state index in [2.05, 4.69) is 0 Å². The molecule has 21 heavy (non-hydrogen) atoms. The first-order valence-corrected chi connectivity index (χ1v) is 7.07. The van der Waals surface area contributed by atoms with Gasteiger partial charge in [0, 0.05) is 19.1 Å². The van der Waals surface area contributed by atoms with Gasteiger partial charge in [0.1, 0.15) is 0 Å². The molecule has 1 heterocycles. The van der Waals surface area contributed by atoms with Crippen LogP contribution >= 0.6 is 0 Å². The number of hydrogen-bond acceptors (Lipinski definition) is 4. The van der Waals surface area contributed by atoms with Crippen LogP contribution in [0.3, 0.4) is 0 Å². The Kier molecular flexibility index (Phi) is 5.14. The van der Waals surface area contributed by atoms with E-state index in [4.69, 9.17) is 15.2 Å². The minimum absolute atomic E-state index is 0.0634. The minimum atomic E-state index is -0.737. The molecular weight excluding hydrogens is 275 g/mol. The molecule has 1 aliphatic heterocycles. The van der Waals surface area contributed by atoms with Crippen molar-refractivity contribution in [1.29, 1.82) is 0 Å². The topological polar surface area (TPSA) is 64.8 Å². The Bertz CT molecular complexity index is 502. The zero-order valence-electron chi connectivity index (χ0n) is 12.3. The van der Waals surface area contributed by atoms with Crippen molar-refractivity contribution < 1.29 is 18.7 Å². The van der Waals surface area contributed by atoms with Gasteiger partial charge in [0.2, 0.25) is 0 Å². The van der Waals surface area contributed by atoms with E-state index < -0.39 is 11.9 Å². The first-order chi connectivity index (χ1) is 9.99. The van der Waals surface area contributed by atoms with Crippen LogP contribution < -0.4 is 10.5 Å². The lowest BCUT2D eigenvalue weighted by atomic mass is 10.1. The Balaban J connectivity index is 2.01. The SMILES string of the molecule is CC(Oc1ccc(C(C)N)cc1F)C(=O)N1CCOCC1. The third-order valence-electron chi connectivity index (χ3n) is 3.46. The molecule has 1 amide bonds. The van der Waals surface area contributed by atoms with Crippen LogP contribution in [0.15, 0.2) is 18.2 Å². The molecule has 6 heteroatoms. The molecule has 1 aromatic carbocycles. The molecule has 1 aliphatic rings. The zero-order chi connectivity index (χ0) is 15.4. The van der Waals surface area contributed by atoms with Gasteiger partial charge < -0.3 is 20.1 Å². The first kappa shape index (κ1) is 15.7. The number of hydrogen-bond donors (Lipinski definition) is 1. The van der Waals surface area contributed by atoms with Crippen LogP contribution in [0.25, 0.3) is 0 Å². The average molecular weight is 296 g/mol. The van der Waals surface area contributed by atoms with Crippen LogP contribution in [-0.2, 0) is 9.53 Å². The van der Waals surface area contributed by atoms with Crippen molar-refractivity contribution >= 4 is 5.91 Å². The molecule has 116 valence electrons. The monoisotopic (exact) mass is 296 g/mol. The number of nitrogens with zero attached hydrogens (tertiary/aromatic N) is 1. The van der Waals surface area contributed by atoms with Gasteiger partial charge in [-0.3, -0.25) is 4.79 Å². The number of morpholine rings is 1. The molecule has 0 aromatic heterocycles. The predicted octanol–water partition coefficient (Wildman–Crippen LogP) is 1.47. The van der Waals surface area contributed by atoms with Crippen molar-refractivity contribution in [2.75, 3.05) is 26.3 Å². The summed E-state index contributed by atoms with van der Waals surface area (Å²) in [6.45, 7) is 5.53. The summed E-state index contributed by atoms with van der Waals surface area (Å²) >= 11 is 0. The van der Waals surface area contributed by atoms with Crippen LogP contribution in [0.1, 0.15) is 25.5 Å². The van der Waals surface area contributed by atoms with Gasteiger partial charge in [0.25, 0.3) is 5.91 Å². The number of halogens is 1. The molecule has 0 spiro atoms. The number of carbonyl (C=O) groups excluding carboxylic acids is 1. The van der Waals surface area contributed by atoms with E-state index in [-0.39, 0.29) is 17.7 Å². The lowest BCUT2D eigenvalue weighted by Crippen LogP contribution is -2.46. The maximum atomic E-state index is 14.0. The molecule has 0 aliphatic carbocycles. The molecule has 0 radical (unpaired) electrons. The first-order valence-electron chi connectivity index (χ1n) is 7.07. The molecule has 2 unspecified atom stereocenters. The molecule has 0 saturated carbocycles. The van der Waals surface area contributed by atoms with Gasteiger partial charge in [-0.05, 0) is 31.5 Å². The van der Waals surface area contributed by atoms with Crippen LogP contribution in [0.5, 0.6) is 5.75 Å². The molecule has 2 atom stereocenters. The van der Waals surface area contributed by atoms with Crippen LogP contribution in [0, 0.1) is 5.82 Å². The minimum Gasteiger partial charge on any atom is -0.478 e. The van der Waals surface area contributed by atoms with Crippen molar-refractivity contribution in [3.63, 3.8) is 0 Å². The van der Waals surface area contributed by atoms with E-state index in [9.17, 15) is 9.18 Å². The highest BCUT2D eigenvalue weighted by Crippen LogP contribution is 2.22. The fourth-order valence-electron chi connectivity index (χ4n) is 2.18. The average Bonchev–Trinajstić information content (AvgIpc) is 2.49. The van der Waals surface area contributed by atoms with Gasteiger partial charge in [0.05, 0.1) is 13.2 Å². The predicted molar refractivity (Wildman–Crippen MR) is 76.5 cm³/mol. The van der Waals surface area contributed by atoms with Gasteiger partial charge in [-0.1, -0.05) is 6.07 Å². The molecule has 1 saturated heterocycles. The third kappa shape index (κ3) is 3.92.